The van der Waals surface area contributed by atoms with Crippen LogP contribution < -0.4 is 93.3 Å². The standard InChI is InChI=1S/C60H91N19O16S2/c61-22-6-4-12-37(51(86)70-29-48(83)69-30-49(84)71-38(13-5-7-23-62)52(87)74-40(59(94)95)14-8-24-68-60(66)67)73-57(92)45-15-9-25-79(45)58(93)44-32-97-96-31-36(63)50(85)75-41(27-34-16-18-35(80)19-17-34)55(90)76-42(26-33-10-2-1-3-11-33)54(89)72-39(20-21-46(64)81)53(88)77-43(28-47(65)82)56(91)78-44/h1-3,10-11,16-19,36-45,80H,4-9,12-15,20-32,61-63H2,(H2,64,81)(H2,65,82)(H,69,83)(H,70,86)(H,71,84)(H,72,89)(H,73,92)(H,74,87)(H,75,85)(H,76,90)(H,77,88)(H,78,91)(H,94,95)(H4,66,67,68)/t36-,37-,38-,39-,40-,41-,42-,43-,44-,45-/m0/s1. The molecule has 534 valence electrons. The number of carboxylic acids is 1. The van der Waals surface area contributed by atoms with Crippen LogP contribution in [0.5, 0.6) is 5.75 Å². The zero-order valence-electron chi connectivity index (χ0n) is 53.6. The number of guanidine groups is 1. The Hall–Kier alpha value is -9.33. The Morgan fingerprint density at radius 1 is 0.598 bits per heavy atom. The number of nitrogens with two attached hydrogens (primary N) is 7. The highest BCUT2D eigenvalue weighted by Crippen LogP contribution is 2.26. The van der Waals surface area contributed by atoms with E-state index in [2.05, 4.69) is 58.2 Å². The van der Waals surface area contributed by atoms with E-state index in [9.17, 15) is 77.3 Å². The van der Waals surface area contributed by atoms with E-state index in [1.54, 1.807) is 30.3 Å². The first-order valence-corrected chi connectivity index (χ1v) is 34.0. The lowest BCUT2D eigenvalue weighted by molar-refractivity contribution is -0.142. The summed E-state index contributed by atoms with van der Waals surface area (Å²) in [6, 6.07) is -0.310. The minimum absolute atomic E-state index is 0.000636. The van der Waals surface area contributed by atoms with Crippen LogP contribution in [0.25, 0.3) is 0 Å². The van der Waals surface area contributed by atoms with Gasteiger partial charge in [0.1, 0.15) is 60.1 Å². The number of benzene rings is 2. The van der Waals surface area contributed by atoms with E-state index < -0.39 is 176 Å². The van der Waals surface area contributed by atoms with Crippen molar-refractivity contribution in [3.05, 3.63) is 65.7 Å². The third-order valence-corrected chi connectivity index (χ3v) is 17.7. The summed E-state index contributed by atoms with van der Waals surface area (Å²) >= 11 is 0. The van der Waals surface area contributed by atoms with Crippen molar-refractivity contribution in [2.75, 3.05) is 50.8 Å². The smallest absolute Gasteiger partial charge is 0.326 e. The van der Waals surface area contributed by atoms with Gasteiger partial charge in [0.2, 0.25) is 76.8 Å². The predicted octanol–water partition coefficient (Wildman–Crippen LogP) is -6.46. The molecule has 37 heteroatoms. The quantitative estimate of drug-likeness (QED) is 0.0137. The van der Waals surface area contributed by atoms with E-state index in [1.165, 1.54) is 24.3 Å². The lowest BCUT2D eigenvalue weighted by atomic mass is 10.0. The van der Waals surface area contributed by atoms with Gasteiger partial charge >= 0.3 is 5.97 Å². The number of carbonyl (C=O) groups is 14. The Morgan fingerprint density at radius 3 is 1.74 bits per heavy atom. The number of likely N-dealkylation sites (tertiary alicyclic amines) is 1. The molecule has 2 heterocycles. The largest absolute Gasteiger partial charge is 0.508 e. The van der Waals surface area contributed by atoms with Gasteiger partial charge in [-0.25, -0.2) is 4.79 Å². The summed E-state index contributed by atoms with van der Waals surface area (Å²) in [5, 5.41) is 44.8. The van der Waals surface area contributed by atoms with Gasteiger partial charge in [0.15, 0.2) is 5.96 Å². The number of nitrogens with one attached hydrogen (secondary N) is 10. The fourth-order valence-corrected chi connectivity index (χ4v) is 12.3. The van der Waals surface area contributed by atoms with E-state index in [4.69, 9.17) is 40.1 Å². The topological polar surface area (TPSA) is 597 Å². The number of amides is 13. The highest BCUT2D eigenvalue weighted by atomic mass is 33.1. The van der Waals surface area contributed by atoms with E-state index in [1.807, 2.05) is 0 Å². The molecule has 0 aliphatic carbocycles. The zero-order chi connectivity index (χ0) is 71.6. The van der Waals surface area contributed by atoms with Gasteiger partial charge in [-0.1, -0.05) is 64.1 Å². The second kappa shape index (κ2) is 42.3. The van der Waals surface area contributed by atoms with Gasteiger partial charge in [-0.2, -0.15) is 0 Å². The lowest BCUT2D eigenvalue weighted by Gasteiger charge is -2.31. The molecular weight excluding hydrogens is 1310 g/mol. The van der Waals surface area contributed by atoms with Crippen molar-refractivity contribution in [3.63, 3.8) is 0 Å². The maximum absolute atomic E-state index is 14.9. The summed E-state index contributed by atoms with van der Waals surface area (Å²) in [6.45, 7) is -0.856. The normalized spacial score (nSPS) is 20.6. The fourth-order valence-electron chi connectivity index (χ4n) is 10.1. The molecule has 2 saturated heterocycles. The number of aliphatic imine (C=N–C) groups is 1. The number of nitrogens with zero attached hydrogens (tertiary/aromatic N) is 2. The van der Waals surface area contributed by atoms with Gasteiger partial charge in [0.05, 0.1) is 25.6 Å². The number of rotatable bonds is 33. The second-order valence-corrected chi connectivity index (χ2v) is 25.6. The van der Waals surface area contributed by atoms with Crippen molar-refractivity contribution in [1.29, 1.82) is 0 Å². The average Bonchev–Trinajstić information content (AvgIpc) is 1.78. The Labute approximate surface area is 567 Å². The summed E-state index contributed by atoms with van der Waals surface area (Å²) in [5.41, 5.74) is 40.5. The van der Waals surface area contributed by atoms with Crippen LogP contribution in [0.15, 0.2) is 59.6 Å². The zero-order valence-corrected chi connectivity index (χ0v) is 55.2. The Balaban J connectivity index is 1.56. The van der Waals surface area contributed by atoms with Crippen molar-refractivity contribution in [2.45, 2.75) is 157 Å². The number of phenols is 1. The highest BCUT2D eigenvalue weighted by Gasteiger charge is 2.41. The van der Waals surface area contributed by atoms with E-state index in [0.717, 1.165) is 26.5 Å². The number of carboxylic acid groups (broad SMARTS) is 1. The second-order valence-electron chi connectivity index (χ2n) is 23.0. The first kappa shape index (κ1) is 80.1. The minimum atomic E-state index is -1.85. The van der Waals surface area contributed by atoms with Crippen molar-refractivity contribution < 1.29 is 77.3 Å². The maximum atomic E-state index is 14.9. The number of aliphatic carboxylic acids is 1. The number of hydrogen-bond donors (Lipinski definition) is 19. The van der Waals surface area contributed by atoms with Crippen LogP contribution in [0, 0.1) is 0 Å². The lowest BCUT2D eigenvalue weighted by Crippen LogP contribution is -2.61. The van der Waals surface area contributed by atoms with Crippen LogP contribution >= 0.6 is 21.6 Å². The molecule has 0 saturated carbocycles. The van der Waals surface area contributed by atoms with Gasteiger partial charge in [0.25, 0.3) is 0 Å². The molecule has 13 amide bonds. The predicted molar refractivity (Wildman–Crippen MR) is 357 cm³/mol. The molecule has 2 aromatic rings. The van der Waals surface area contributed by atoms with Crippen LogP contribution in [-0.2, 0) is 80.0 Å². The van der Waals surface area contributed by atoms with Gasteiger partial charge in [-0.3, -0.25) is 67.3 Å². The molecule has 4 rings (SSSR count). The van der Waals surface area contributed by atoms with Crippen LogP contribution in [0.2, 0.25) is 0 Å². The van der Waals surface area contributed by atoms with E-state index in [-0.39, 0.29) is 101 Å². The number of hydrogen-bond acceptors (Lipinski definition) is 21. The Morgan fingerprint density at radius 2 is 1.14 bits per heavy atom. The fraction of sp³-hybridized carbons (Fsp3) is 0.550. The average molecular weight is 1400 g/mol. The van der Waals surface area contributed by atoms with Crippen LogP contribution in [-0.4, -0.2) is 215 Å². The van der Waals surface area contributed by atoms with Crippen molar-refractivity contribution in [3.8, 4) is 5.75 Å². The maximum Gasteiger partial charge on any atom is 0.326 e. The molecular formula is C60H91N19O16S2. The third kappa shape index (κ3) is 29.3. The molecule has 2 aliphatic rings. The number of primary amides is 2. The Kier molecular flexibility index (Phi) is 34.9. The SMILES string of the molecule is NCCCC[C@H](NC(=O)CNC(=O)CNC(=O)[C@H](CCCCN)NC(=O)[C@@H]1CCCN1C(=O)[C@@H]1CSSC[C@H](N)C(=O)N[C@@H](Cc2ccc(O)cc2)C(=O)N[C@@H](Cc2ccccc2)C(=O)N[C@@H](CCC(N)=O)C(=O)N[C@@H](CC(N)=O)C(=O)N1)C(=O)N[C@@H](CCCN=C(N)N)C(=O)O. The summed E-state index contributed by atoms with van der Waals surface area (Å²) < 4.78 is 0. The first-order chi connectivity index (χ1) is 46.2. The van der Waals surface area contributed by atoms with Crippen molar-refractivity contribution in [1.82, 2.24) is 58.1 Å². The number of carbonyl (C=O) groups excluding carboxylic acids is 13. The molecule has 0 bridgehead atoms. The molecule has 10 atom stereocenters. The highest BCUT2D eigenvalue weighted by molar-refractivity contribution is 8.76. The Bertz CT molecular complexity index is 3080. The van der Waals surface area contributed by atoms with Gasteiger partial charge < -0.3 is 108 Å². The molecule has 0 aromatic heterocycles. The molecule has 0 unspecified atom stereocenters. The number of unbranched alkanes of at least 4 members (excludes halogenated alkanes) is 2. The summed E-state index contributed by atoms with van der Waals surface area (Å²) in [6.07, 6.45) is -0.0813. The first-order valence-electron chi connectivity index (χ1n) is 31.5. The molecule has 0 spiro atoms. The van der Waals surface area contributed by atoms with Crippen LogP contribution in [0.3, 0.4) is 0 Å². The number of aromatic hydroxyl groups is 1. The van der Waals surface area contributed by atoms with Gasteiger partial charge in [-0.05, 0) is 107 Å². The van der Waals surface area contributed by atoms with Gasteiger partial charge in [0, 0.05) is 43.9 Å². The number of phenolic OH excluding ortho intramolecular Hbond substituents is 1. The molecule has 2 fully saturated rings. The molecule has 35 nitrogen and oxygen atoms in total. The minimum Gasteiger partial charge on any atom is -0.508 e. The molecule has 2 aliphatic heterocycles. The van der Waals surface area contributed by atoms with Crippen LogP contribution in [0.1, 0.15) is 94.6 Å². The molecule has 26 N–H and O–H groups in total. The molecule has 0 radical (unpaired) electrons. The van der Waals surface area contributed by atoms with E-state index >= 15 is 0 Å². The monoisotopic (exact) mass is 1400 g/mol. The summed E-state index contributed by atoms with van der Waals surface area (Å²) in [5.74, 6) is -14.0. The molecule has 97 heavy (non-hydrogen) atoms. The summed E-state index contributed by atoms with van der Waals surface area (Å²) in [7, 11) is 1.94. The van der Waals surface area contributed by atoms with Crippen molar-refractivity contribution >= 4 is 110 Å². The third-order valence-electron chi connectivity index (χ3n) is 15.2. The van der Waals surface area contributed by atoms with Crippen LogP contribution in [0.4, 0.5) is 0 Å². The van der Waals surface area contributed by atoms with E-state index in [0.29, 0.717) is 36.8 Å². The molecule has 2 aromatic carbocycles. The van der Waals surface area contributed by atoms with Crippen molar-refractivity contribution in [2.24, 2.45) is 45.1 Å². The summed E-state index contributed by atoms with van der Waals surface area (Å²) in [4.78, 5) is 196. The van der Waals surface area contributed by atoms with Gasteiger partial charge in [-0.15, -0.1) is 0 Å².